The summed E-state index contributed by atoms with van der Waals surface area (Å²) in [6, 6.07) is 0.515. The summed E-state index contributed by atoms with van der Waals surface area (Å²) < 4.78 is 48.0. The van der Waals surface area contributed by atoms with Gasteiger partial charge in [-0.25, -0.2) is 0 Å². The summed E-state index contributed by atoms with van der Waals surface area (Å²) in [5.41, 5.74) is 0. The van der Waals surface area contributed by atoms with E-state index in [-0.39, 0.29) is 18.4 Å². The lowest BCUT2D eigenvalue weighted by atomic mass is 10.1. The summed E-state index contributed by atoms with van der Waals surface area (Å²) in [7, 11) is 0. The molecule has 0 spiro atoms. The first-order valence-electron chi connectivity index (χ1n) is 6.58. The van der Waals surface area contributed by atoms with E-state index in [2.05, 4.69) is 23.1 Å². The summed E-state index contributed by atoms with van der Waals surface area (Å²) in [6.45, 7) is 6.87. The lowest BCUT2D eigenvalue weighted by Crippen LogP contribution is -2.58. The summed E-state index contributed by atoms with van der Waals surface area (Å²) in [4.78, 5) is 3.55. The van der Waals surface area contributed by atoms with Crippen LogP contribution in [0.1, 0.15) is 18.7 Å². The Morgan fingerprint density at radius 1 is 1.35 bits per heavy atom. The van der Waals surface area contributed by atoms with Crippen LogP contribution < -0.4 is 9.64 Å². The molecule has 8 heteroatoms. The summed E-state index contributed by atoms with van der Waals surface area (Å²) in [5.74, 6) is 0.277. The van der Waals surface area contributed by atoms with Gasteiger partial charge in [0.05, 0.1) is 6.04 Å². The average molecular weight is 307 g/mol. The van der Waals surface area contributed by atoms with Crippen LogP contribution in [0.5, 0.6) is 5.75 Å². The molecule has 3 heterocycles. The van der Waals surface area contributed by atoms with Crippen molar-refractivity contribution in [3.63, 3.8) is 0 Å². The Bertz CT molecular complexity index is 503. The molecular formula is C12H16F3N3OS. The van der Waals surface area contributed by atoms with Gasteiger partial charge >= 0.3 is 6.18 Å². The van der Waals surface area contributed by atoms with Crippen LogP contribution in [-0.2, 0) is 6.18 Å². The number of aromatic nitrogens is 1. The largest absolute Gasteiger partial charge is 0.486 e. The second kappa shape index (κ2) is 4.77. The Morgan fingerprint density at radius 3 is 2.75 bits per heavy atom. The molecule has 3 rings (SSSR count). The normalized spacial score (nSPS) is 23.5. The predicted octanol–water partition coefficient (Wildman–Crippen LogP) is 2.45. The molecule has 0 radical (unpaired) electrons. The summed E-state index contributed by atoms with van der Waals surface area (Å²) in [6.07, 6.45) is -4.39. The molecule has 0 amide bonds. The van der Waals surface area contributed by atoms with Crippen molar-refractivity contribution >= 4 is 17.4 Å². The van der Waals surface area contributed by atoms with Crippen LogP contribution in [0.2, 0.25) is 0 Å². The summed E-state index contributed by atoms with van der Waals surface area (Å²) in [5, 5.41) is 0. The zero-order valence-electron chi connectivity index (χ0n) is 11.3. The van der Waals surface area contributed by atoms with E-state index in [0.717, 1.165) is 13.1 Å². The molecule has 0 saturated carbocycles. The second-order valence-electron chi connectivity index (χ2n) is 5.41. The minimum Gasteiger partial charge on any atom is -0.486 e. The Kier molecular flexibility index (Phi) is 3.32. The van der Waals surface area contributed by atoms with E-state index in [0.29, 0.717) is 29.9 Å². The smallest absolute Gasteiger partial charge is 0.430 e. The SMILES string of the molecule is CC(C)N1CCN2c3nsc(C(F)(F)F)c3OCC2C1. The highest BCUT2D eigenvalue weighted by Gasteiger charge is 2.44. The highest BCUT2D eigenvalue weighted by Crippen LogP contribution is 2.47. The molecule has 2 aliphatic rings. The monoisotopic (exact) mass is 307 g/mol. The number of ether oxygens (including phenoxy) is 1. The van der Waals surface area contributed by atoms with E-state index in [4.69, 9.17) is 4.74 Å². The van der Waals surface area contributed by atoms with Crippen LogP contribution in [-0.4, -0.2) is 47.6 Å². The maximum atomic E-state index is 12.9. The first kappa shape index (κ1) is 13.9. The van der Waals surface area contributed by atoms with Crippen LogP contribution >= 0.6 is 11.5 Å². The molecule has 0 aliphatic carbocycles. The fourth-order valence-electron chi connectivity index (χ4n) is 2.72. The molecule has 1 saturated heterocycles. The molecule has 4 nitrogen and oxygen atoms in total. The van der Waals surface area contributed by atoms with Gasteiger partial charge in [-0.1, -0.05) is 0 Å². The number of hydrogen-bond acceptors (Lipinski definition) is 5. The maximum Gasteiger partial charge on any atom is 0.430 e. The highest BCUT2D eigenvalue weighted by molar-refractivity contribution is 7.06. The molecular weight excluding hydrogens is 291 g/mol. The number of alkyl halides is 3. The van der Waals surface area contributed by atoms with Crippen LogP contribution in [0.25, 0.3) is 0 Å². The van der Waals surface area contributed by atoms with Gasteiger partial charge in [0.25, 0.3) is 0 Å². The van der Waals surface area contributed by atoms with Gasteiger partial charge in [0.15, 0.2) is 16.4 Å². The topological polar surface area (TPSA) is 28.6 Å². The van der Waals surface area contributed by atoms with Gasteiger partial charge in [-0.05, 0) is 25.4 Å². The molecule has 0 bridgehead atoms. The standard InChI is InChI=1S/C12H16F3N3OS/c1-7(2)17-3-4-18-8(5-17)6-19-9-10(12(13,14)15)20-16-11(9)18/h7-8H,3-6H2,1-2H3. The quantitative estimate of drug-likeness (QED) is 0.797. The molecule has 0 N–H and O–H groups in total. The number of rotatable bonds is 1. The Balaban J connectivity index is 1.86. The van der Waals surface area contributed by atoms with Gasteiger partial charge in [0, 0.05) is 25.7 Å². The zero-order valence-corrected chi connectivity index (χ0v) is 12.1. The van der Waals surface area contributed by atoms with E-state index >= 15 is 0 Å². The van der Waals surface area contributed by atoms with Crippen molar-refractivity contribution in [3.8, 4) is 5.75 Å². The van der Waals surface area contributed by atoms with E-state index in [1.807, 2.05) is 4.90 Å². The third kappa shape index (κ3) is 2.24. The van der Waals surface area contributed by atoms with Gasteiger partial charge in [-0.3, -0.25) is 4.90 Å². The minimum absolute atomic E-state index is 0.0850. The predicted molar refractivity (Wildman–Crippen MR) is 70.5 cm³/mol. The number of halogens is 3. The van der Waals surface area contributed by atoms with Gasteiger partial charge in [0.2, 0.25) is 0 Å². The zero-order chi connectivity index (χ0) is 14.5. The first-order chi connectivity index (χ1) is 9.38. The maximum absolute atomic E-state index is 12.9. The van der Waals surface area contributed by atoms with Crippen LogP contribution in [0.4, 0.5) is 19.0 Å². The van der Waals surface area contributed by atoms with Gasteiger partial charge in [-0.2, -0.15) is 17.5 Å². The molecule has 1 atom stereocenters. The molecule has 1 aromatic rings. The molecule has 1 aromatic heterocycles. The Hall–Kier alpha value is -1.02. The molecule has 1 fully saturated rings. The lowest BCUT2D eigenvalue weighted by molar-refractivity contribution is -0.135. The number of fused-ring (bicyclic) bond motifs is 3. The van der Waals surface area contributed by atoms with Gasteiger partial charge < -0.3 is 9.64 Å². The Labute approximate surface area is 119 Å². The van der Waals surface area contributed by atoms with Crippen molar-refractivity contribution in [2.45, 2.75) is 32.1 Å². The van der Waals surface area contributed by atoms with E-state index in [1.54, 1.807) is 0 Å². The average Bonchev–Trinajstić information content (AvgIpc) is 2.81. The van der Waals surface area contributed by atoms with Crippen molar-refractivity contribution in [1.29, 1.82) is 0 Å². The number of piperazine rings is 1. The van der Waals surface area contributed by atoms with Crippen LogP contribution in [0.3, 0.4) is 0 Å². The van der Waals surface area contributed by atoms with Crippen molar-refractivity contribution in [1.82, 2.24) is 9.27 Å². The third-order valence-corrected chi connectivity index (χ3v) is 4.69. The van der Waals surface area contributed by atoms with E-state index < -0.39 is 11.1 Å². The van der Waals surface area contributed by atoms with E-state index in [9.17, 15) is 13.2 Å². The van der Waals surface area contributed by atoms with Crippen molar-refractivity contribution in [3.05, 3.63) is 4.88 Å². The molecule has 2 aliphatic heterocycles. The van der Waals surface area contributed by atoms with Crippen molar-refractivity contribution < 1.29 is 17.9 Å². The van der Waals surface area contributed by atoms with Gasteiger partial charge in [0.1, 0.15) is 6.61 Å². The molecule has 0 aromatic carbocycles. The molecule has 1 unspecified atom stereocenters. The number of anilines is 1. The number of hydrogen-bond donors (Lipinski definition) is 0. The fourth-order valence-corrected chi connectivity index (χ4v) is 3.42. The number of nitrogens with zero attached hydrogens (tertiary/aromatic N) is 3. The second-order valence-corrected chi connectivity index (χ2v) is 6.18. The van der Waals surface area contributed by atoms with Gasteiger partial charge in [-0.15, -0.1) is 0 Å². The fraction of sp³-hybridized carbons (Fsp3) is 0.750. The highest BCUT2D eigenvalue weighted by atomic mass is 32.1. The lowest BCUT2D eigenvalue weighted by Gasteiger charge is -2.45. The third-order valence-electron chi connectivity index (χ3n) is 3.83. The minimum atomic E-state index is -4.39. The Morgan fingerprint density at radius 2 is 2.10 bits per heavy atom. The van der Waals surface area contributed by atoms with Crippen LogP contribution in [0, 0.1) is 0 Å². The molecule has 112 valence electrons. The van der Waals surface area contributed by atoms with Crippen molar-refractivity contribution in [2.24, 2.45) is 0 Å². The first-order valence-corrected chi connectivity index (χ1v) is 7.35. The van der Waals surface area contributed by atoms with Crippen molar-refractivity contribution in [2.75, 3.05) is 31.1 Å². The molecule has 20 heavy (non-hydrogen) atoms. The van der Waals surface area contributed by atoms with Crippen LogP contribution in [0.15, 0.2) is 0 Å². The van der Waals surface area contributed by atoms with E-state index in [1.165, 1.54) is 0 Å². The summed E-state index contributed by atoms with van der Waals surface area (Å²) >= 11 is 0.480.